The number of rotatable bonds is 7. The summed E-state index contributed by atoms with van der Waals surface area (Å²) in [6, 6.07) is 8.82. The number of amides is 1. The van der Waals surface area contributed by atoms with E-state index in [1.165, 1.54) is 0 Å². The zero-order chi connectivity index (χ0) is 14.3. The highest BCUT2D eigenvalue weighted by Gasteiger charge is 2.26. The molecular formula is C15H24N2O2. The Morgan fingerprint density at radius 2 is 1.84 bits per heavy atom. The first-order valence-corrected chi connectivity index (χ1v) is 6.87. The van der Waals surface area contributed by atoms with Gasteiger partial charge in [-0.15, -0.1) is 0 Å². The maximum absolute atomic E-state index is 12.5. The maximum Gasteiger partial charge on any atom is 0.244 e. The lowest BCUT2D eigenvalue weighted by atomic mass is 10.0. The summed E-state index contributed by atoms with van der Waals surface area (Å²) in [5.41, 5.74) is 6.85. The van der Waals surface area contributed by atoms with Crippen LogP contribution in [0.2, 0.25) is 0 Å². The molecule has 1 amide bonds. The van der Waals surface area contributed by atoms with Gasteiger partial charge in [-0.05, 0) is 18.4 Å². The van der Waals surface area contributed by atoms with Gasteiger partial charge in [-0.25, -0.2) is 0 Å². The third kappa shape index (κ3) is 4.04. The highest BCUT2D eigenvalue weighted by atomic mass is 16.3. The second kappa shape index (κ2) is 7.92. The predicted octanol–water partition coefficient (Wildman–Crippen LogP) is 1.70. The van der Waals surface area contributed by atoms with Crippen LogP contribution in [0.15, 0.2) is 30.3 Å². The minimum absolute atomic E-state index is 0.0379. The van der Waals surface area contributed by atoms with Gasteiger partial charge in [0.15, 0.2) is 0 Å². The van der Waals surface area contributed by atoms with Gasteiger partial charge in [0.1, 0.15) is 6.04 Å². The Bertz CT molecular complexity index is 377. The summed E-state index contributed by atoms with van der Waals surface area (Å²) in [5, 5.41) is 9.14. The van der Waals surface area contributed by atoms with Crippen LogP contribution in [0.5, 0.6) is 0 Å². The summed E-state index contributed by atoms with van der Waals surface area (Å²) in [5.74, 6) is -0.117. The Morgan fingerprint density at radius 1 is 1.26 bits per heavy atom. The normalized spacial score (nSPS) is 12.5. The van der Waals surface area contributed by atoms with Crippen molar-refractivity contribution in [1.29, 1.82) is 0 Å². The molecule has 0 aromatic heterocycles. The molecule has 0 aliphatic carbocycles. The Labute approximate surface area is 115 Å². The zero-order valence-corrected chi connectivity index (χ0v) is 11.7. The number of carbonyl (C=O) groups is 1. The minimum Gasteiger partial charge on any atom is -0.395 e. The third-order valence-electron chi connectivity index (χ3n) is 3.43. The number of carbonyl (C=O) groups excluding carboxylic acids is 1. The minimum atomic E-state index is -0.659. The number of benzene rings is 1. The Balaban J connectivity index is 2.87. The van der Waals surface area contributed by atoms with E-state index >= 15 is 0 Å². The van der Waals surface area contributed by atoms with Crippen LogP contribution < -0.4 is 5.73 Å². The van der Waals surface area contributed by atoms with Gasteiger partial charge in [-0.2, -0.15) is 0 Å². The van der Waals surface area contributed by atoms with Crippen LogP contribution in [-0.2, 0) is 4.79 Å². The zero-order valence-electron chi connectivity index (χ0n) is 11.7. The van der Waals surface area contributed by atoms with Crippen molar-refractivity contribution >= 4 is 5.91 Å². The molecule has 1 atom stereocenters. The fourth-order valence-electron chi connectivity index (χ4n) is 2.29. The molecule has 0 saturated carbocycles. The van der Waals surface area contributed by atoms with E-state index in [0.717, 1.165) is 18.4 Å². The van der Waals surface area contributed by atoms with Gasteiger partial charge < -0.3 is 15.7 Å². The largest absolute Gasteiger partial charge is 0.395 e. The van der Waals surface area contributed by atoms with E-state index in [1.54, 1.807) is 4.90 Å². The Kier molecular flexibility index (Phi) is 6.53. The van der Waals surface area contributed by atoms with E-state index in [4.69, 9.17) is 10.8 Å². The summed E-state index contributed by atoms with van der Waals surface area (Å²) in [6.07, 6.45) is 1.73. The third-order valence-corrected chi connectivity index (χ3v) is 3.43. The maximum atomic E-state index is 12.5. The van der Waals surface area contributed by atoms with Gasteiger partial charge in [0.2, 0.25) is 5.91 Å². The van der Waals surface area contributed by atoms with Crippen LogP contribution in [0, 0.1) is 0 Å². The van der Waals surface area contributed by atoms with Crippen molar-refractivity contribution in [3.05, 3.63) is 35.9 Å². The molecule has 0 spiro atoms. The standard InChI is InChI=1S/C15H24N2O2/c1-3-13(4-2)17(10-11-18)15(19)14(16)12-8-6-5-7-9-12/h5-9,13-14,18H,3-4,10-11,16H2,1-2H3/t14-/m0/s1. The molecule has 1 rings (SSSR count). The van der Waals surface area contributed by atoms with Gasteiger partial charge in [-0.3, -0.25) is 4.79 Å². The molecule has 1 aromatic carbocycles. The van der Waals surface area contributed by atoms with Crippen molar-refractivity contribution in [3.63, 3.8) is 0 Å². The monoisotopic (exact) mass is 264 g/mol. The predicted molar refractivity (Wildman–Crippen MR) is 76.5 cm³/mol. The quantitative estimate of drug-likeness (QED) is 0.787. The number of nitrogens with two attached hydrogens (primary N) is 1. The van der Waals surface area contributed by atoms with Crippen molar-refractivity contribution < 1.29 is 9.90 Å². The molecule has 0 aliphatic rings. The molecule has 4 heteroatoms. The summed E-state index contributed by atoms with van der Waals surface area (Å²) >= 11 is 0. The highest BCUT2D eigenvalue weighted by molar-refractivity contribution is 5.83. The number of hydrogen-bond donors (Lipinski definition) is 2. The lowest BCUT2D eigenvalue weighted by Crippen LogP contribution is -2.46. The number of hydrogen-bond acceptors (Lipinski definition) is 3. The van der Waals surface area contributed by atoms with Crippen molar-refractivity contribution in [1.82, 2.24) is 4.90 Å². The van der Waals surface area contributed by atoms with E-state index in [1.807, 2.05) is 44.2 Å². The molecule has 0 unspecified atom stereocenters. The molecule has 0 bridgehead atoms. The summed E-state index contributed by atoms with van der Waals surface area (Å²) in [7, 11) is 0. The van der Waals surface area contributed by atoms with Crippen molar-refractivity contribution in [2.75, 3.05) is 13.2 Å². The molecule has 0 fully saturated rings. The van der Waals surface area contributed by atoms with Gasteiger partial charge >= 0.3 is 0 Å². The molecule has 0 saturated heterocycles. The van der Waals surface area contributed by atoms with Crippen LogP contribution in [0.1, 0.15) is 38.3 Å². The molecule has 19 heavy (non-hydrogen) atoms. The smallest absolute Gasteiger partial charge is 0.244 e. The molecule has 4 nitrogen and oxygen atoms in total. The summed E-state index contributed by atoms with van der Waals surface area (Å²) < 4.78 is 0. The highest BCUT2D eigenvalue weighted by Crippen LogP contribution is 2.17. The number of aliphatic hydroxyl groups is 1. The molecule has 0 heterocycles. The van der Waals surface area contributed by atoms with Crippen molar-refractivity contribution in [2.45, 2.75) is 38.8 Å². The Morgan fingerprint density at radius 3 is 2.32 bits per heavy atom. The molecule has 3 N–H and O–H groups in total. The van der Waals surface area contributed by atoms with Crippen LogP contribution in [0.3, 0.4) is 0 Å². The SMILES string of the molecule is CCC(CC)N(CCO)C(=O)[C@@H](N)c1ccccc1. The van der Waals surface area contributed by atoms with E-state index < -0.39 is 6.04 Å². The van der Waals surface area contributed by atoms with E-state index in [2.05, 4.69) is 0 Å². The average molecular weight is 264 g/mol. The van der Waals surface area contributed by atoms with E-state index in [9.17, 15) is 4.79 Å². The second-order valence-corrected chi connectivity index (χ2v) is 4.61. The van der Waals surface area contributed by atoms with Gasteiger partial charge in [-0.1, -0.05) is 44.2 Å². The van der Waals surface area contributed by atoms with Gasteiger partial charge in [0.25, 0.3) is 0 Å². The van der Waals surface area contributed by atoms with E-state index in [-0.39, 0.29) is 18.6 Å². The first kappa shape index (κ1) is 15.7. The lowest BCUT2D eigenvalue weighted by molar-refractivity contribution is -0.135. The fourth-order valence-corrected chi connectivity index (χ4v) is 2.29. The van der Waals surface area contributed by atoms with Crippen molar-refractivity contribution in [2.24, 2.45) is 5.73 Å². The fraction of sp³-hybridized carbons (Fsp3) is 0.533. The summed E-state index contributed by atoms with van der Waals surface area (Å²) in [4.78, 5) is 14.2. The molecule has 0 radical (unpaired) electrons. The Hall–Kier alpha value is -1.39. The van der Waals surface area contributed by atoms with Crippen LogP contribution >= 0.6 is 0 Å². The van der Waals surface area contributed by atoms with Gasteiger partial charge in [0.05, 0.1) is 6.61 Å². The number of aliphatic hydroxyl groups excluding tert-OH is 1. The van der Waals surface area contributed by atoms with Crippen molar-refractivity contribution in [3.8, 4) is 0 Å². The first-order chi connectivity index (χ1) is 9.15. The summed E-state index contributed by atoms with van der Waals surface area (Å²) in [6.45, 7) is 4.38. The van der Waals surface area contributed by atoms with E-state index in [0.29, 0.717) is 6.54 Å². The second-order valence-electron chi connectivity index (χ2n) is 4.61. The lowest BCUT2D eigenvalue weighted by Gasteiger charge is -2.32. The molecule has 106 valence electrons. The van der Waals surface area contributed by atoms with Crippen LogP contribution in [0.25, 0.3) is 0 Å². The van der Waals surface area contributed by atoms with Gasteiger partial charge in [0, 0.05) is 12.6 Å². The number of nitrogens with zero attached hydrogens (tertiary/aromatic N) is 1. The topological polar surface area (TPSA) is 66.6 Å². The van der Waals surface area contributed by atoms with Crippen LogP contribution in [0.4, 0.5) is 0 Å². The molecule has 0 aliphatic heterocycles. The molecule has 1 aromatic rings. The average Bonchev–Trinajstić information content (AvgIpc) is 2.47. The molecular weight excluding hydrogens is 240 g/mol. The first-order valence-electron chi connectivity index (χ1n) is 6.87. The van der Waals surface area contributed by atoms with Crippen LogP contribution in [-0.4, -0.2) is 35.1 Å².